The van der Waals surface area contributed by atoms with Crippen LogP contribution in [0.1, 0.15) is 53.0 Å². The number of nitro groups is 1. The van der Waals surface area contributed by atoms with Crippen LogP contribution in [-0.4, -0.2) is 11.5 Å². The first kappa shape index (κ1) is 17.0. The summed E-state index contributed by atoms with van der Waals surface area (Å²) in [5.41, 5.74) is 6.93. The molecule has 0 bridgehead atoms. The molecule has 0 amide bonds. The van der Waals surface area contributed by atoms with Gasteiger partial charge in [-0.05, 0) is 48.3 Å². The van der Waals surface area contributed by atoms with Gasteiger partial charge in [-0.2, -0.15) is 0 Å². The average molecular weight is 384 g/mol. The zero-order valence-corrected chi connectivity index (χ0v) is 16.5. The summed E-state index contributed by atoms with van der Waals surface area (Å²) in [6.07, 6.45) is 11.6. The molecule has 2 aliphatic heterocycles. The Kier molecular flexibility index (Phi) is 3.55. The third-order valence-corrected chi connectivity index (χ3v) is 7.42. The van der Waals surface area contributed by atoms with Gasteiger partial charge in [0.1, 0.15) is 0 Å². The predicted octanol–water partition coefficient (Wildman–Crippen LogP) is 5.80. The molecular weight excluding hydrogens is 360 g/mol. The lowest BCUT2D eigenvalue weighted by molar-refractivity contribution is -0.384. The van der Waals surface area contributed by atoms with Gasteiger partial charge in [0.05, 0.1) is 11.0 Å². The SMILES string of the molecule is Cc1cc2c3c(c1)C1C=CCC1C(c1cccc([N+](=O)[O-])c1)N3CC1CC=CC21. The van der Waals surface area contributed by atoms with Gasteiger partial charge in [-0.25, -0.2) is 0 Å². The van der Waals surface area contributed by atoms with E-state index in [4.69, 9.17) is 0 Å². The van der Waals surface area contributed by atoms with Crippen molar-refractivity contribution in [2.24, 2.45) is 11.8 Å². The number of allylic oxidation sites excluding steroid dienone is 4. The Labute approximate surface area is 170 Å². The third-order valence-electron chi connectivity index (χ3n) is 7.42. The Morgan fingerprint density at radius 2 is 1.79 bits per heavy atom. The number of non-ortho nitro benzene ring substituents is 1. The minimum atomic E-state index is -0.271. The number of fused-ring (bicyclic) bond motifs is 4. The molecule has 6 rings (SSSR count). The summed E-state index contributed by atoms with van der Waals surface area (Å²) in [6, 6.07) is 12.3. The van der Waals surface area contributed by atoms with Crippen LogP contribution in [0.3, 0.4) is 0 Å². The minimum Gasteiger partial charge on any atom is -0.363 e. The smallest absolute Gasteiger partial charge is 0.269 e. The van der Waals surface area contributed by atoms with Gasteiger partial charge in [0.2, 0.25) is 0 Å². The molecule has 146 valence electrons. The van der Waals surface area contributed by atoms with Crippen molar-refractivity contribution < 1.29 is 4.92 Å². The maximum Gasteiger partial charge on any atom is 0.269 e. The third kappa shape index (κ3) is 2.38. The first-order valence-corrected chi connectivity index (χ1v) is 10.6. The lowest BCUT2D eigenvalue weighted by atomic mass is 9.70. The number of hydrogen-bond acceptors (Lipinski definition) is 3. The quantitative estimate of drug-likeness (QED) is 0.374. The highest BCUT2D eigenvalue weighted by atomic mass is 16.6. The van der Waals surface area contributed by atoms with Gasteiger partial charge in [0.15, 0.2) is 0 Å². The summed E-state index contributed by atoms with van der Waals surface area (Å²) < 4.78 is 0. The van der Waals surface area contributed by atoms with Crippen LogP contribution in [0.2, 0.25) is 0 Å². The first-order valence-electron chi connectivity index (χ1n) is 10.6. The van der Waals surface area contributed by atoms with E-state index in [2.05, 4.69) is 54.3 Å². The number of rotatable bonds is 2. The molecule has 0 fully saturated rings. The van der Waals surface area contributed by atoms with Crippen LogP contribution >= 0.6 is 0 Å². The van der Waals surface area contributed by atoms with Crippen molar-refractivity contribution in [2.45, 2.75) is 37.6 Å². The second-order valence-corrected chi connectivity index (χ2v) is 9.04. The molecule has 4 aliphatic rings. The predicted molar refractivity (Wildman–Crippen MR) is 114 cm³/mol. The van der Waals surface area contributed by atoms with Crippen molar-refractivity contribution in [3.05, 3.63) is 93.1 Å². The van der Waals surface area contributed by atoms with Crippen LogP contribution in [0.5, 0.6) is 0 Å². The zero-order valence-electron chi connectivity index (χ0n) is 16.5. The van der Waals surface area contributed by atoms with Crippen molar-refractivity contribution in [2.75, 3.05) is 11.4 Å². The fraction of sp³-hybridized carbons (Fsp3) is 0.360. The van der Waals surface area contributed by atoms with E-state index in [1.54, 1.807) is 12.1 Å². The van der Waals surface area contributed by atoms with Crippen molar-refractivity contribution in [1.29, 1.82) is 0 Å². The van der Waals surface area contributed by atoms with Gasteiger partial charge in [-0.3, -0.25) is 10.1 Å². The van der Waals surface area contributed by atoms with E-state index in [-0.39, 0.29) is 16.7 Å². The molecule has 0 saturated heterocycles. The van der Waals surface area contributed by atoms with Gasteiger partial charge < -0.3 is 4.90 Å². The number of anilines is 1. The summed E-state index contributed by atoms with van der Waals surface area (Å²) in [5.74, 6) is 1.94. The molecule has 0 aromatic heterocycles. The molecule has 4 nitrogen and oxygen atoms in total. The molecule has 2 aromatic carbocycles. The summed E-state index contributed by atoms with van der Waals surface area (Å²) >= 11 is 0. The zero-order chi connectivity index (χ0) is 19.7. The molecule has 0 saturated carbocycles. The Hall–Kier alpha value is -2.88. The van der Waals surface area contributed by atoms with E-state index in [0.29, 0.717) is 23.7 Å². The molecule has 2 aromatic rings. The van der Waals surface area contributed by atoms with Gasteiger partial charge in [-0.15, -0.1) is 0 Å². The lowest BCUT2D eigenvalue weighted by Crippen LogP contribution is -2.46. The molecule has 2 heterocycles. The van der Waals surface area contributed by atoms with Gasteiger partial charge in [0, 0.05) is 36.2 Å². The van der Waals surface area contributed by atoms with Crippen molar-refractivity contribution >= 4 is 11.4 Å². The maximum absolute atomic E-state index is 11.4. The highest BCUT2D eigenvalue weighted by Gasteiger charge is 2.47. The molecule has 0 N–H and O–H groups in total. The molecule has 0 radical (unpaired) electrons. The van der Waals surface area contributed by atoms with Crippen molar-refractivity contribution in [1.82, 2.24) is 0 Å². The van der Waals surface area contributed by atoms with Gasteiger partial charge in [0.25, 0.3) is 5.69 Å². The lowest BCUT2D eigenvalue weighted by Gasteiger charge is -2.51. The largest absolute Gasteiger partial charge is 0.363 e. The van der Waals surface area contributed by atoms with Crippen LogP contribution in [0.25, 0.3) is 0 Å². The summed E-state index contributed by atoms with van der Waals surface area (Å²) in [7, 11) is 0. The van der Waals surface area contributed by atoms with Crippen LogP contribution in [0.15, 0.2) is 60.7 Å². The van der Waals surface area contributed by atoms with Gasteiger partial charge >= 0.3 is 0 Å². The second-order valence-electron chi connectivity index (χ2n) is 9.04. The topological polar surface area (TPSA) is 46.4 Å². The van der Waals surface area contributed by atoms with Crippen LogP contribution in [-0.2, 0) is 0 Å². The van der Waals surface area contributed by atoms with Crippen LogP contribution in [0, 0.1) is 28.9 Å². The first-order chi connectivity index (χ1) is 14.1. The number of benzene rings is 2. The maximum atomic E-state index is 11.4. The number of aryl methyl sites for hydroxylation is 1. The molecule has 5 atom stereocenters. The van der Waals surface area contributed by atoms with E-state index in [0.717, 1.165) is 24.9 Å². The van der Waals surface area contributed by atoms with Crippen LogP contribution in [0.4, 0.5) is 11.4 Å². The van der Waals surface area contributed by atoms with Crippen LogP contribution < -0.4 is 4.90 Å². The van der Waals surface area contributed by atoms with E-state index in [1.807, 2.05) is 6.07 Å². The molecule has 29 heavy (non-hydrogen) atoms. The monoisotopic (exact) mass is 384 g/mol. The van der Waals surface area contributed by atoms with Crippen molar-refractivity contribution in [3.63, 3.8) is 0 Å². The number of hydrogen-bond donors (Lipinski definition) is 0. The Bertz CT molecular complexity index is 1070. The van der Waals surface area contributed by atoms with Gasteiger partial charge in [-0.1, -0.05) is 54.1 Å². The van der Waals surface area contributed by atoms with Crippen molar-refractivity contribution in [3.8, 4) is 0 Å². The summed E-state index contributed by atoms with van der Waals surface area (Å²) in [6.45, 7) is 3.24. The number of nitrogens with zero attached hydrogens (tertiary/aromatic N) is 2. The molecular formula is C25H24N2O2. The highest BCUT2D eigenvalue weighted by molar-refractivity contribution is 5.71. The fourth-order valence-electron chi connectivity index (χ4n) is 6.33. The Morgan fingerprint density at radius 3 is 2.62 bits per heavy atom. The fourth-order valence-corrected chi connectivity index (χ4v) is 6.33. The molecule has 5 unspecified atom stereocenters. The summed E-state index contributed by atoms with van der Waals surface area (Å²) in [4.78, 5) is 13.8. The standard InChI is InChI=1S/C25H24N2O2/c1-15-11-22-19-8-3-6-17(19)14-26-24(16-5-2-7-18(13-16)27(28)29)21-10-4-9-20(21)23(12-15)25(22)26/h2-5,7-9,11-13,17,19-21,24H,6,10,14H2,1H3. The Morgan fingerprint density at radius 1 is 1.03 bits per heavy atom. The number of nitro benzene ring substituents is 1. The average Bonchev–Trinajstić information content (AvgIpc) is 3.37. The second kappa shape index (κ2) is 6.06. The van der Waals surface area contributed by atoms with E-state index in [1.165, 1.54) is 22.4 Å². The minimum absolute atomic E-state index is 0.186. The van der Waals surface area contributed by atoms with E-state index in [9.17, 15) is 10.1 Å². The van der Waals surface area contributed by atoms with E-state index >= 15 is 0 Å². The molecule has 4 heteroatoms. The highest BCUT2D eigenvalue weighted by Crippen LogP contribution is 2.59. The Balaban J connectivity index is 1.57. The molecule has 2 aliphatic carbocycles. The van der Waals surface area contributed by atoms with E-state index < -0.39 is 0 Å². The summed E-state index contributed by atoms with van der Waals surface area (Å²) in [5, 5.41) is 11.4. The normalized spacial score (nSPS) is 30.8. The molecule has 0 spiro atoms.